The quantitative estimate of drug-likeness (QED) is 0.622. The van der Waals surface area contributed by atoms with E-state index in [2.05, 4.69) is 39.5 Å². The second-order valence-electron chi connectivity index (χ2n) is 8.12. The molecule has 0 spiro atoms. The highest BCUT2D eigenvalue weighted by Crippen LogP contribution is 2.24. The third-order valence-corrected chi connectivity index (χ3v) is 6.03. The van der Waals surface area contributed by atoms with Gasteiger partial charge in [-0.15, -0.1) is 0 Å². The molecule has 1 fully saturated rings. The summed E-state index contributed by atoms with van der Waals surface area (Å²) in [4.78, 5) is 22.0. The summed E-state index contributed by atoms with van der Waals surface area (Å²) in [5.41, 5.74) is 2.29. The van der Waals surface area contributed by atoms with Crippen molar-refractivity contribution in [3.05, 3.63) is 83.9 Å². The van der Waals surface area contributed by atoms with Crippen molar-refractivity contribution >= 4 is 6.03 Å². The second kappa shape index (κ2) is 10.3. The van der Waals surface area contributed by atoms with E-state index < -0.39 is 0 Å². The number of carbonyl (C=O) groups is 1. The molecule has 3 aromatic rings. The number of methoxy groups -OCH3 is 1. The number of nitrogens with one attached hydrogen (secondary N) is 1. The summed E-state index contributed by atoms with van der Waals surface area (Å²) in [5.74, 6) is 1.54. The Morgan fingerprint density at radius 1 is 1.09 bits per heavy atom. The number of hydrogen-bond acceptors (Lipinski definition) is 4. The Hall–Kier alpha value is -3.32. The van der Waals surface area contributed by atoms with E-state index in [0.29, 0.717) is 13.1 Å². The van der Waals surface area contributed by atoms with E-state index in [0.717, 1.165) is 43.2 Å². The molecule has 1 aliphatic heterocycles. The van der Waals surface area contributed by atoms with Gasteiger partial charge in [0.05, 0.1) is 7.11 Å². The molecule has 7 nitrogen and oxygen atoms in total. The highest BCUT2D eigenvalue weighted by molar-refractivity contribution is 5.75. The monoisotopic (exact) mass is 433 g/mol. The van der Waals surface area contributed by atoms with Crippen molar-refractivity contribution in [2.24, 2.45) is 7.05 Å². The predicted octanol–water partition coefficient (Wildman–Crippen LogP) is 3.09. The van der Waals surface area contributed by atoms with E-state index in [1.165, 1.54) is 5.56 Å². The highest BCUT2D eigenvalue weighted by atomic mass is 16.5. The fraction of sp³-hybridized carbons (Fsp3) is 0.360. The van der Waals surface area contributed by atoms with Crippen molar-refractivity contribution in [1.82, 2.24) is 24.7 Å². The number of ether oxygens (including phenoxy) is 1. The van der Waals surface area contributed by atoms with E-state index in [9.17, 15) is 4.79 Å². The number of carbonyl (C=O) groups excluding carboxylic acids is 1. The average Bonchev–Trinajstić information content (AvgIpc) is 3.27. The lowest BCUT2D eigenvalue weighted by molar-refractivity contribution is 0.138. The van der Waals surface area contributed by atoms with E-state index in [4.69, 9.17) is 4.74 Å². The fourth-order valence-corrected chi connectivity index (χ4v) is 4.09. The van der Waals surface area contributed by atoms with Crippen LogP contribution in [0.3, 0.4) is 0 Å². The molecular formula is C25H31N5O2. The van der Waals surface area contributed by atoms with Crippen LogP contribution in [0, 0.1) is 0 Å². The van der Waals surface area contributed by atoms with Crippen LogP contribution in [0.25, 0.3) is 0 Å². The molecule has 2 aromatic carbocycles. The first-order chi connectivity index (χ1) is 15.6. The zero-order chi connectivity index (χ0) is 22.3. The summed E-state index contributed by atoms with van der Waals surface area (Å²) in [6.45, 7) is 4.20. The van der Waals surface area contributed by atoms with E-state index in [1.807, 2.05) is 53.0 Å². The molecule has 4 rings (SSSR count). The number of benzene rings is 2. The smallest absolute Gasteiger partial charge is 0.318 e. The van der Waals surface area contributed by atoms with Crippen molar-refractivity contribution in [2.45, 2.75) is 12.5 Å². The molecule has 2 heterocycles. The lowest BCUT2D eigenvalue weighted by Gasteiger charge is -2.35. The number of hydrogen-bond donors (Lipinski definition) is 1. The van der Waals surface area contributed by atoms with Gasteiger partial charge in [0.15, 0.2) is 0 Å². The van der Waals surface area contributed by atoms with Gasteiger partial charge >= 0.3 is 6.03 Å². The van der Waals surface area contributed by atoms with Gasteiger partial charge in [-0.05, 0) is 29.7 Å². The summed E-state index contributed by atoms with van der Waals surface area (Å²) in [6, 6.07) is 17.9. The zero-order valence-electron chi connectivity index (χ0n) is 18.8. The van der Waals surface area contributed by atoms with Gasteiger partial charge in [0.25, 0.3) is 0 Å². The Bertz CT molecular complexity index is 1010. The molecule has 0 aliphatic carbocycles. The largest absolute Gasteiger partial charge is 0.497 e. The highest BCUT2D eigenvalue weighted by Gasteiger charge is 2.26. The summed E-state index contributed by atoms with van der Waals surface area (Å²) < 4.78 is 7.32. The van der Waals surface area contributed by atoms with Crippen LogP contribution < -0.4 is 10.1 Å². The number of amides is 2. The molecule has 1 aromatic heterocycles. The van der Waals surface area contributed by atoms with E-state index in [-0.39, 0.29) is 12.1 Å². The molecule has 168 valence electrons. The van der Waals surface area contributed by atoms with Crippen molar-refractivity contribution in [1.29, 1.82) is 0 Å². The number of imidazole rings is 1. The number of aromatic nitrogens is 2. The summed E-state index contributed by atoms with van der Waals surface area (Å²) in [6.07, 6.45) is 4.67. The lowest BCUT2D eigenvalue weighted by Crippen LogP contribution is -2.52. The molecule has 0 radical (unpaired) electrons. The van der Waals surface area contributed by atoms with Crippen LogP contribution in [-0.2, 0) is 13.5 Å². The molecule has 32 heavy (non-hydrogen) atoms. The maximum absolute atomic E-state index is 13.2. The molecule has 0 bridgehead atoms. The van der Waals surface area contributed by atoms with Crippen LogP contribution in [0.5, 0.6) is 5.75 Å². The van der Waals surface area contributed by atoms with Crippen LogP contribution >= 0.6 is 0 Å². The fourth-order valence-electron chi connectivity index (χ4n) is 4.09. The van der Waals surface area contributed by atoms with Gasteiger partial charge in [-0.3, -0.25) is 4.90 Å². The Kier molecular flexibility index (Phi) is 7.07. The van der Waals surface area contributed by atoms with Gasteiger partial charge < -0.3 is 19.5 Å². The molecule has 1 atom stereocenters. The number of piperazine rings is 1. The van der Waals surface area contributed by atoms with Crippen molar-refractivity contribution < 1.29 is 9.53 Å². The summed E-state index contributed by atoms with van der Waals surface area (Å²) >= 11 is 0. The Morgan fingerprint density at radius 2 is 1.88 bits per heavy atom. The molecule has 7 heteroatoms. The first-order valence-corrected chi connectivity index (χ1v) is 11.1. The van der Waals surface area contributed by atoms with Gasteiger partial charge in [0, 0.05) is 52.2 Å². The van der Waals surface area contributed by atoms with Crippen LogP contribution in [-0.4, -0.2) is 65.2 Å². The first-order valence-electron chi connectivity index (χ1n) is 11.1. The Morgan fingerprint density at radius 3 is 2.56 bits per heavy atom. The van der Waals surface area contributed by atoms with Gasteiger partial charge in [0.2, 0.25) is 0 Å². The number of aryl methyl sites for hydroxylation is 1. The maximum atomic E-state index is 13.2. The number of nitrogens with zero attached hydrogens (tertiary/aromatic N) is 4. The average molecular weight is 434 g/mol. The molecular weight excluding hydrogens is 402 g/mol. The number of urea groups is 1. The third kappa shape index (κ3) is 5.29. The van der Waals surface area contributed by atoms with Crippen LogP contribution in [0.15, 0.2) is 67.0 Å². The van der Waals surface area contributed by atoms with Gasteiger partial charge in [-0.1, -0.05) is 42.5 Å². The topological polar surface area (TPSA) is 62.6 Å². The van der Waals surface area contributed by atoms with Crippen molar-refractivity contribution in [2.75, 3.05) is 39.8 Å². The van der Waals surface area contributed by atoms with Crippen LogP contribution in [0.4, 0.5) is 4.79 Å². The normalized spacial score (nSPS) is 15.4. The molecule has 2 amide bonds. The van der Waals surface area contributed by atoms with Crippen LogP contribution in [0.2, 0.25) is 0 Å². The molecule has 1 N–H and O–H groups in total. The van der Waals surface area contributed by atoms with Crippen molar-refractivity contribution in [3.63, 3.8) is 0 Å². The van der Waals surface area contributed by atoms with Crippen molar-refractivity contribution in [3.8, 4) is 5.75 Å². The van der Waals surface area contributed by atoms with E-state index >= 15 is 0 Å². The van der Waals surface area contributed by atoms with Gasteiger partial charge in [-0.25, -0.2) is 9.78 Å². The van der Waals surface area contributed by atoms with Crippen LogP contribution in [0.1, 0.15) is 23.0 Å². The minimum atomic E-state index is -0.353. The second-order valence-corrected chi connectivity index (χ2v) is 8.12. The molecule has 0 saturated carbocycles. The minimum Gasteiger partial charge on any atom is -0.497 e. The molecule has 1 unspecified atom stereocenters. The predicted molar refractivity (Wildman–Crippen MR) is 125 cm³/mol. The summed E-state index contributed by atoms with van der Waals surface area (Å²) in [5, 5.41) is 3.20. The Balaban J connectivity index is 1.38. The third-order valence-electron chi connectivity index (χ3n) is 6.03. The maximum Gasteiger partial charge on any atom is 0.318 e. The van der Waals surface area contributed by atoms with E-state index in [1.54, 1.807) is 13.3 Å². The van der Waals surface area contributed by atoms with Gasteiger partial charge in [-0.2, -0.15) is 0 Å². The summed E-state index contributed by atoms with van der Waals surface area (Å²) in [7, 11) is 3.58. The minimum absolute atomic E-state index is 0.0662. The molecule has 1 aliphatic rings. The Labute approximate surface area is 189 Å². The molecule has 1 saturated heterocycles. The lowest BCUT2D eigenvalue weighted by atomic mass is 10.1. The number of rotatable bonds is 7. The first kappa shape index (κ1) is 21.9. The standard InChI is InChI=1S/C25H31N5O2/c1-28-14-12-26-24(28)23(21-9-6-10-22(19-21)32-2)27-25(31)30-17-15-29(16-18-30)13-11-20-7-4-3-5-8-20/h3-10,12,14,19,23H,11,13,15-18H2,1-2H3,(H,27,31). The zero-order valence-corrected chi connectivity index (χ0v) is 18.8. The van der Waals surface area contributed by atoms with Gasteiger partial charge in [0.1, 0.15) is 17.6 Å². The SMILES string of the molecule is COc1cccc(C(NC(=O)N2CCN(CCc3ccccc3)CC2)c2nccn2C)c1.